The summed E-state index contributed by atoms with van der Waals surface area (Å²) in [6, 6.07) is 7.85. The van der Waals surface area contributed by atoms with Crippen LogP contribution in [0.15, 0.2) is 24.3 Å². The Labute approximate surface area is 131 Å². The van der Waals surface area contributed by atoms with Gasteiger partial charge >= 0.3 is 6.01 Å². The molecule has 1 aromatic heterocycles. The van der Waals surface area contributed by atoms with Crippen LogP contribution in [0.4, 0.5) is 11.9 Å². The number of ether oxygens (including phenoxy) is 1. The number of nitrogen functional groups attached to an aromatic ring is 1. The lowest BCUT2D eigenvalue weighted by atomic mass is 10.3. The van der Waals surface area contributed by atoms with E-state index < -0.39 is 0 Å². The molecule has 2 aromatic rings. The van der Waals surface area contributed by atoms with Crippen molar-refractivity contribution in [1.29, 1.82) is 0 Å². The van der Waals surface area contributed by atoms with Gasteiger partial charge in [0.1, 0.15) is 5.75 Å². The Morgan fingerprint density at radius 2 is 1.95 bits per heavy atom. The van der Waals surface area contributed by atoms with Gasteiger partial charge in [0.05, 0.1) is 0 Å². The highest BCUT2D eigenvalue weighted by atomic mass is 127. The average Bonchev–Trinajstić information content (AvgIpc) is 2.39. The molecule has 0 saturated carbocycles. The maximum atomic E-state index is 5.72. The van der Waals surface area contributed by atoms with Crippen LogP contribution in [0.2, 0.25) is 0 Å². The van der Waals surface area contributed by atoms with Crippen LogP contribution < -0.4 is 15.4 Å². The summed E-state index contributed by atoms with van der Waals surface area (Å²) in [5, 5.41) is 0. The molecule has 106 valence electrons. The second kappa shape index (κ2) is 6.69. The minimum atomic E-state index is 0.155. The van der Waals surface area contributed by atoms with E-state index in [4.69, 9.17) is 10.5 Å². The number of benzene rings is 1. The summed E-state index contributed by atoms with van der Waals surface area (Å²) < 4.78 is 6.72. The molecule has 0 atom stereocenters. The van der Waals surface area contributed by atoms with E-state index in [1.807, 2.05) is 43.0 Å². The van der Waals surface area contributed by atoms with Crippen molar-refractivity contribution in [2.24, 2.45) is 0 Å². The van der Waals surface area contributed by atoms with E-state index in [2.05, 4.69) is 37.5 Å². The monoisotopic (exact) mass is 385 g/mol. The smallest absolute Gasteiger partial charge is 0.328 e. The highest BCUT2D eigenvalue weighted by molar-refractivity contribution is 14.1. The van der Waals surface area contributed by atoms with E-state index in [9.17, 15) is 0 Å². The second-order valence-electron chi connectivity index (χ2n) is 4.01. The van der Waals surface area contributed by atoms with Crippen LogP contribution in [-0.4, -0.2) is 28.0 Å². The van der Waals surface area contributed by atoms with Gasteiger partial charge in [0, 0.05) is 16.7 Å². The van der Waals surface area contributed by atoms with Gasteiger partial charge in [0.15, 0.2) is 0 Å². The number of rotatable bonds is 5. The lowest BCUT2D eigenvalue weighted by Crippen LogP contribution is -2.25. The third-order valence-electron chi connectivity index (χ3n) is 2.67. The Morgan fingerprint density at radius 1 is 1.20 bits per heavy atom. The third-order valence-corrected chi connectivity index (χ3v) is 3.34. The van der Waals surface area contributed by atoms with E-state index in [-0.39, 0.29) is 12.0 Å². The molecule has 20 heavy (non-hydrogen) atoms. The molecule has 6 nitrogen and oxygen atoms in total. The summed E-state index contributed by atoms with van der Waals surface area (Å²) in [5.41, 5.74) is 5.72. The van der Waals surface area contributed by atoms with Crippen molar-refractivity contribution in [2.45, 2.75) is 13.8 Å². The normalized spacial score (nSPS) is 10.3. The van der Waals surface area contributed by atoms with Gasteiger partial charge < -0.3 is 15.4 Å². The molecule has 2 N–H and O–H groups in total. The zero-order chi connectivity index (χ0) is 14.5. The van der Waals surface area contributed by atoms with Crippen molar-refractivity contribution >= 4 is 34.5 Å². The van der Waals surface area contributed by atoms with Crippen molar-refractivity contribution in [3.05, 3.63) is 27.8 Å². The van der Waals surface area contributed by atoms with Gasteiger partial charge in [-0.1, -0.05) is 6.07 Å². The number of aromatic nitrogens is 3. The fourth-order valence-electron chi connectivity index (χ4n) is 1.69. The van der Waals surface area contributed by atoms with Crippen LogP contribution in [0.3, 0.4) is 0 Å². The van der Waals surface area contributed by atoms with Gasteiger partial charge in [-0.2, -0.15) is 15.0 Å². The molecular formula is C13H16IN5O. The van der Waals surface area contributed by atoms with Crippen LogP contribution >= 0.6 is 22.6 Å². The maximum absolute atomic E-state index is 5.72. The predicted octanol–water partition coefficient (Wildman–Crippen LogP) is 2.70. The van der Waals surface area contributed by atoms with E-state index in [0.717, 1.165) is 16.7 Å². The van der Waals surface area contributed by atoms with Gasteiger partial charge in [0.2, 0.25) is 11.9 Å². The lowest BCUT2D eigenvalue weighted by molar-refractivity contribution is 0.440. The Morgan fingerprint density at radius 3 is 2.60 bits per heavy atom. The molecule has 1 heterocycles. The summed E-state index contributed by atoms with van der Waals surface area (Å²) in [5.74, 6) is 1.36. The first-order valence-electron chi connectivity index (χ1n) is 6.32. The molecule has 0 unspecified atom stereocenters. The largest absolute Gasteiger partial charge is 0.424 e. The van der Waals surface area contributed by atoms with Crippen LogP contribution in [0.25, 0.3) is 0 Å². The molecule has 2 rings (SSSR count). The molecule has 0 spiro atoms. The molecular weight excluding hydrogens is 369 g/mol. The summed E-state index contributed by atoms with van der Waals surface area (Å²) in [6.07, 6.45) is 0. The molecule has 0 aliphatic heterocycles. The summed E-state index contributed by atoms with van der Waals surface area (Å²) in [6.45, 7) is 5.65. The number of anilines is 2. The Balaban J connectivity index is 2.28. The molecule has 0 radical (unpaired) electrons. The Kier molecular flexibility index (Phi) is 4.94. The Bertz CT molecular complexity index is 589. The molecule has 0 aliphatic rings. The third kappa shape index (κ3) is 3.69. The van der Waals surface area contributed by atoms with Crippen molar-refractivity contribution in [2.75, 3.05) is 23.7 Å². The number of hydrogen-bond acceptors (Lipinski definition) is 6. The van der Waals surface area contributed by atoms with Crippen molar-refractivity contribution in [3.63, 3.8) is 0 Å². The molecule has 7 heteroatoms. The van der Waals surface area contributed by atoms with E-state index in [1.165, 1.54) is 0 Å². The number of hydrogen-bond donors (Lipinski definition) is 1. The van der Waals surface area contributed by atoms with Crippen LogP contribution in [0.1, 0.15) is 13.8 Å². The van der Waals surface area contributed by atoms with Gasteiger partial charge in [-0.3, -0.25) is 0 Å². The molecule has 0 bridgehead atoms. The van der Waals surface area contributed by atoms with E-state index in [0.29, 0.717) is 11.7 Å². The predicted molar refractivity (Wildman–Crippen MR) is 87.0 cm³/mol. The number of nitrogens with zero attached hydrogens (tertiary/aromatic N) is 4. The SMILES string of the molecule is CCN(CC)c1nc(N)nc(Oc2cccc(I)c2)n1. The fraction of sp³-hybridized carbons (Fsp3) is 0.308. The Hall–Kier alpha value is -1.64. The van der Waals surface area contributed by atoms with Gasteiger partial charge in [-0.05, 0) is 54.6 Å². The highest BCUT2D eigenvalue weighted by Crippen LogP contribution is 2.22. The highest BCUT2D eigenvalue weighted by Gasteiger charge is 2.11. The fourth-order valence-corrected chi connectivity index (χ4v) is 2.20. The standard InChI is InChI=1S/C13H16IN5O/c1-3-19(4-2)12-16-11(15)17-13(18-12)20-10-7-5-6-9(14)8-10/h5-8H,3-4H2,1-2H3,(H2,15,16,17,18). The van der Waals surface area contributed by atoms with E-state index >= 15 is 0 Å². The minimum Gasteiger partial charge on any atom is -0.424 e. The molecule has 0 aliphatic carbocycles. The molecule has 0 amide bonds. The van der Waals surface area contributed by atoms with Gasteiger partial charge in [-0.25, -0.2) is 0 Å². The quantitative estimate of drug-likeness (QED) is 0.798. The molecule has 1 aromatic carbocycles. The van der Waals surface area contributed by atoms with E-state index in [1.54, 1.807) is 0 Å². The molecule has 0 fully saturated rings. The van der Waals surface area contributed by atoms with Gasteiger partial charge in [0.25, 0.3) is 0 Å². The molecule has 0 saturated heterocycles. The summed E-state index contributed by atoms with van der Waals surface area (Å²) >= 11 is 2.22. The van der Waals surface area contributed by atoms with Crippen LogP contribution in [0.5, 0.6) is 11.8 Å². The maximum Gasteiger partial charge on any atom is 0.328 e. The number of nitrogens with two attached hydrogens (primary N) is 1. The van der Waals surface area contributed by atoms with Crippen LogP contribution in [-0.2, 0) is 0 Å². The lowest BCUT2D eigenvalue weighted by Gasteiger charge is -2.18. The first-order chi connectivity index (χ1) is 9.62. The van der Waals surface area contributed by atoms with Crippen molar-refractivity contribution < 1.29 is 4.74 Å². The zero-order valence-electron chi connectivity index (χ0n) is 11.4. The topological polar surface area (TPSA) is 77.2 Å². The first kappa shape index (κ1) is 14.8. The van der Waals surface area contributed by atoms with Gasteiger partial charge in [-0.15, -0.1) is 0 Å². The second-order valence-corrected chi connectivity index (χ2v) is 5.25. The average molecular weight is 385 g/mol. The van der Waals surface area contributed by atoms with Crippen molar-refractivity contribution in [3.8, 4) is 11.8 Å². The first-order valence-corrected chi connectivity index (χ1v) is 7.40. The van der Waals surface area contributed by atoms with Crippen molar-refractivity contribution in [1.82, 2.24) is 15.0 Å². The summed E-state index contributed by atoms with van der Waals surface area (Å²) in [4.78, 5) is 14.4. The zero-order valence-corrected chi connectivity index (χ0v) is 13.5. The van der Waals surface area contributed by atoms with Crippen LogP contribution in [0, 0.1) is 3.57 Å². The minimum absolute atomic E-state index is 0.155. The number of halogens is 1. The summed E-state index contributed by atoms with van der Waals surface area (Å²) in [7, 11) is 0.